The maximum atomic E-state index is 6.01. The van der Waals surface area contributed by atoms with E-state index in [1.165, 1.54) is 5.19 Å². The van der Waals surface area contributed by atoms with E-state index in [4.69, 9.17) is 9.16 Å². The fourth-order valence-corrected chi connectivity index (χ4v) is 3.92. The predicted molar refractivity (Wildman–Crippen MR) is 81.6 cm³/mol. The lowest BCUT2D eigenvalue weighted by molar-refractivity contribution is 0.219. The molecule has 0 aliphatic heterocycles. The summed E-state index contributed by atoms with van der Waals surface area (Å²) in [4.78, 5) is 0. The zero-order valence-electron chi connectivity index (χ0n) is 11.3. The lowest BCUT2D eigenvalue weighted by atomic mass is 10.3. The molecule has 0 fully saturated rings. The van der Waals surface area contributed by atoms with Crippen LogP contribution >= 0.6 is 0 Å². The van der Waals surface area contributed by atoms with Gasteiger partial charge in [-0.2, -0.15) is 0 Å². The summed E-state index contributed by atoms with van der Waals surface area (Å²) in [6.07, 6.45) is 0. The molecule has 0 saturated carbocycles. The van der Waals surface area contributed by atoms with E-state index in [9.17, 15) is 0 Å². The highest BCUT2D eigenvalue weighted by molar-refractivity contribution is 6.67. The van der Waals surface area contributed by atoms with E-state index in [2.05, 4.69) is 31.2 Å². The molecule has 1 atom stereocenters. The van der Waals surface area contributed by atoms with E-state index < -0.39 is 9.04 Å². The first-order chi connectivity index (χ1) is 9.40. The molecule has 0 N–H and O–H groups in total. The molecule has 2 rings (SSSR count). The largest absolute Gasteiger partial charge is 0.491 e. The van der Waals surface area contributed by atoms with Crippen LogP contribution in [0.25, 0.3) is 0 Å². The topological polar surface area (TPSA) is 18.5 Å². The number of ether oxygens (including phenoxy) is 1. The van der Waals surface area contributed by atoms with Gasteiger partial charge in [0.15, 0.2) is 0 Å². The second kappa shape index (κ2) is 7.76. The van der Waals surface area contributed by atoms with Crippen LogP contribution in [0.4, 0.5) is 0 Å². The molecule has 19 heavy (non-hydrogen) atoms. The Balaban J connectivity index is 1.75. The molecule has 3 heteroatoms. The summed E-state index contributed by atoms with van der Waals surface area (Å²) in [6.45, 7) is 3.47. The van der Waals surface area contributed by atoms with E-state index in [-0.39, 0.29) is 0 Å². The predicted octanol–water partition coefficient (Wildman–Crippen LogP) is 2.73. The van der Waals surface area contributed by atoms with Gasteiger partial charge in [-0.1, -0.05) is 55.5 Å². The van der Waals surface area contributed by atoms with Gasteiger partial charge in [-0.15, -0.1) is 0 Å². The molecule has 2 aromatic carbocycles. The van der Waals surface area contributed by atoms with Crippen LogP contribution in [-0.2, 0) is 4.43 Å². The first-order valence-electron chi connectivity index (χ1n) is 6.74. The van der Waals surface area contributed by atoms with Gasteiger partial charge in [0, 0.05) is 0 Å². The van der Waals surface area contributed by atoms with Crippen LogP contribution in [0.15, 0.2) is 60.7 Å². The highest BCUT2D eigenvalue weighted by Gasteiger charge is 2.11. The molecule has 0 spiro atoms. The Morgan fingerprint density at radius 2 is 1.47 bits per heavy atom. The van der Waals surface area contributed by atoms with Crippen molar-refractivity contribution in [3.63, 3.8) is 0 Å². The highest BCUT2D eigenvalue weighted by Crippen LogP contribution is 2.07. The third-order valence-corrected chi connectivity index (χ3v) is 5.46. The van der Waals surface area contributed by atoms with Crippen molar-refractivity contribution >= 4 is 14.2 Å². The van der Waals surface area contributed by atoms with Crippen molar-refractivity contribution < 1.29 is 9.16 Å². The van der Waals surface area contributed by atoms with Gasteiger partial charge in [-0.25, -0.2) is 0 Å². The Bertz CT molecular complexity index is 459. The van der Waals surface area contributed by atoms with Crippen molar-refractivity contribution in [3.05, 3.63) is 60.7 Å². The van der Waals surface area contributed by atoms with Crippen LogP contribution in [-0.4, -0.2) is 22.3 Å². The van der Waals surface area contributed by atoms with E-state index in [0.29, 0.717) is 13.2 Å². The molecule has 0 bridgehead atoms. The van der Waals surface area contributed by atoms with E-state index in [0.717, 1.165) is 11.8 Å². The first-order valence-corrected chi connectivity index (χ1v) is 8.61. The van der Waals surface area contributed by atoms with Crippen molar-refractivity contribution in [2.75, 3.05) is 13.2 Å². The third kappa shape index (κ3) is 4.54. The molecule has 0 aliphatic carbocycles. The smallest absolute Gasteiger partial charge is 0.208 e. The Morgan fingerprint density at radius 1 is 0.842 bits per heavy atom. The molecule has 0 amide bonds. The minimum absolute atomic E-state index is 0.611. The number of hydrogen-bond donors (Lipinski definition) is 0. The second-order valence-corrected chi connectivity index (χ2v) is 7.13. The average molecular weight is 272 g/mol. The normalized spacial score (nSPS) is 12.1. The van der Waals surface area contributed by atoms with Crippen LogP contribution in [0.1, 0.15) is 6.92 Å². The molecule has 100 valence electrons. The molecule has 2 aromatic rings. The van der Waals surface area contributed by atoms with Gasteiger partial charge in [-0.3, -0.25) is 0 Å². The summed E-state index contributed by atoms with van der Waals surface area (Å²) in [5.41, 5.74) is 0. The number of para-hydroxylation sites is 1. The first kappa shape index (κ1) is 13.8. The maximum Gasteiger partial charge on any atom is 0.208 e. The Morgan fingerprint density at radius 3 is 2.11 bits per heavy atom. The van der Waals surface area contributed by atoms with Crippen molar-refractivity contribution in [2.45, 2.75) is 13.0 Å². The number of benzene rings is 2. The van der Waals surface area contributed by atoms with Gasteiger partial charge < -0.3 is 9.16 Å². The number of hydrogen-bond acceptors (Lipinski definition) is 2. The molecule has 2 nitrogen and oxygen atoms in total. The SMILES string of the molecule is CC[SiH](OCCOc1ccccc1)c1ccccc1. The van der Waals surface area contributed by atoms with Gasteiger partial charge in [0.2, 0.25) is 9.04 Å². The lowest BCUT2D eigenvalue weighted by Gasteiger charge is -2.15. The molecular weight excluding hydrogens is 252 g/mol. The summed E-state index contributed by atoms with van der Waals surface area (Å²) in [5, 5.41) is 1.37. The minimum atomic E-state index is -1.28. The van der Waals surface area contributed by atoms with Gasteiger partial charge >= 0.3 is 0 Å². The molecule has 0 radical (unpaired) electrons. The van der Waals surface area contributed by atoms with Crippen molar-refractivity contribution in [1.29, 1.82) is 0 Å². The summed E-state index contributed by atoms with van der Waals surface area (Å²) in [5.74, 6) is 0.903. The summed E-state index contributed by atoms with van der Waals surface area (Å²) in [6, 6.07) is 21.5. The van der Waals surface area contributed by atoms with E-state index in [1.54, 1.807) is 0 Å². The van der Waals surface area contributed by atoms with Gasteiger partial charge in [-0.05, 0) is 23.4 Å². The number of rotatable bonds is 7. The molecule has 0 saturated heterocycles. The Labute approximate surface area is 116 Å². The maximum absolute atomic E-state index is 6.01. The Kier molecular flexibility index (Phi) is 5.66. The fraction of sp³-hybridized carbons (Fsp3) is 0.250. The quantitative estimate of drug-likeness (QED) is 0.570. The van der Waals surface area contributed by atoms with Crippen molar-refractivity contribution in [1.82, 2.24) is 0 Å². The zero-order valence-corrected chi connectivity index (χ0v) is 12.4. The van der Waals surface area contributed by atoms with Crippen LogP contribution < -0.4 is 9.92 Å². The summed E-state index contributed by atoms with van der Waals surface area (Å²) in [7, 11) is -1.28. The van der Waals surface area contributed by atoms with Crippen LogP contribution in [0.5, 0.6) is 5.75 Å². The third-order valence-electron chi connectivity index (χ3n) is 2.96. The average Bonchev–Trinajstić information content (AvgIpc) is 2.49. The van der Waals surface area contributed by atoms with E-state index in [1.807, 2.05) is 36.4 Å². The summed E-state index contributed by atoms with van der Waals surface area (Å²) >= 11 is 0. The Hall–Kier alpha value is -1.58. The van der Waals surface area contributed by atoms with Gasteiger partial charge in [0.05, 0.1) is 6.61 Å². The van der Waals surface area contributed by atoms with Crippen molar-refractivity contribution in [2.24, 2.45) is 0 Å². The van der Waals surface area contributed by atoms with E-state index >= 15 is 0 Å². The van der Waals surface area contributed by atoms with Crippen LogP contribution in [0.2, 0.25) is 6.04 Å². The highest BCUT2D eigenvalue weighted by atomic mass is 28.3. The van der Waals surface area contributed by atoms with Crippen molar-refractivity contribution in [3.8, 4) is 5.75 Å². The van der Waals surface area contributed by atoms with Crippen LogP contribution in [0.3, 0.4) is 0 Å². The second-order valence-electron chi connectivity index (χ2n) is 4.34. The van der Waals surface area contributed by atoms with Gasteiger partial charge in [0.1, 0.15) is 12.4 Å². The summed E-state index contributed by atoms with van der Waals surface area (Å²) < 4.78 is 11.6. The minimum Gasteiger partial charge on any atom is -0.491 e. The fourth-order valence-electron chi connectivity index (χ4n) is 1.98. The van der Waals surface area contributed by atoms with Crippen LogP contribution in [0, 0.1) is 0 Å². The zero-order chi connectivity index (χ0) is 13.3. The molecule has 0 aromatic heterocycles. The standard InChI is InChI=1S/C16H20O2Si/c1-2-19(16-11-7-4-8-12-16)18-14-13-17-15-9-5-3-6-10-15/h3-12,19H,2,13-14H2,1H3. The molecule has 0 aliphatic rings. The molecule has 0 heterocycles. The van der Waals surface area contributed by atoms with Gasteiger partial charge in [0.25, 0.3) is 0 Å². The monoisotopic (exact) mass is 272 g/mol. The molecular formula is C16H20O2Si. The molecule has 1 unspecified atom stereocenters. The lowest BCUT2D eigenvalue weighted by Crippen LogP contribution is -2.33.